The summed E-state index contributed by atoms with van der Waals surface area (Å²) in [7, 11) is 0. The van der Waals surface area contributed by atoms with Crippen LogP contribution in [0.4, 0.5) is 10.5 Å². The minimum absolute atomic E-state index is 0.135. The number of nitrogens with one attached hydrogen (secondary N) is 1. The Morgan fingerprint density at radius 1 is 1.41 bits per heavy atom. The van der Waals surface area contributed by atoms with E-state index in [4.69, 9.17) is 4.74 Å². The summed E-state index contributed by atoms with van der Waals surface area (Å²) in [4.78, 5) is 14.1. The zero-order valence-corrected chi connectivity index (χ0v) is 13.6. The molecular formula is C17H26N2O3. The van der Waals surface area contributed by atoms with Gasteiger partial charge in [0.1, 0.15) is 0 Å². The van der Waals surface area contributed by atoms with Gasteiger partial charge in [0.25, 0.3) is 0 Å². The van der Waals surface area contributed by atoms with Gasteiger partial charge in [-0.05, 0) is 51.3 Å². The lowest BCUT2D eigenvalue weighted by Gasteiger charge is -2.33. The number of hydrogen-bond donors (Lipinski definition) is 2. The van der Waals surface area contributed by atoms with Crippen molar-refractivity contribution >= 4 is 11.7 Å². The number of hydrogen-bond acceptors (Lipinski definition) is 3. The first kappa shape index (κ1) is 16.8. The number of likely N-dealkylation sites (tertiary alicyclic amines) is 1. The first-order valence-electron chi connectivity index (χ1n) is 7.88. The third kappa shape index (κ3) is 4.21. The molecule has 0 aliphatic carbocycles. The number of rotatable bonds is 5. The molecule has 0 bridgehead atoms. The molecule has 1 unspecified atom stereocenters. The van der Waals surface area contributed by atoms with Crippen LogP contribution >= 0.6 is 0 Å². The van der Waals surface area contributed by atoms with Crippen LogP contribution in [0.2, 0.25) is 0 Å². The molecule has 22 heavy (non-hydrogen) atoms. The predicted molar refractivity (Wildman–Crippen MR) is 86.8 cm³/mol. The summed E-state index contributed by atoms with van der Waals surface area (Å²) in [6.45, 7) is 7.42. The van der Waals surface area contributed by atoms with Crippen LogP contribution in [-0.2, 0) is 11.3 Å². The zero-order chi connectivity index (χ0) is 16.2. The minimum Gasteiger partial charge on any atom is -0.388 e. The van der Waals surface area contributed by atoms with Crippen molar-refractivity contribution in [3.8, 4) is 0 Å². The van der Waals surface area contributed by atoms with Crippen molar-refractivity contribution in [1.82, 2.24) is 4.90 Å². The van der Waals surface area contributed by atoms with Crippen LogP contribution in [-0.4, -0.2) is 40.8 Å². The van der Waals surface area contributed by atoms with Gasteiger partial charge < -0.3 is 20.1 Å². The molecule has 1 aromatic rings. The largest absolute Gasteiger partial charge is 0.388 e. The Balaban J connectivity index is 1.96. The highest BCUT2D eigenvalue weighted by molar-refractivity contribution is 5.89. The van der Waals surface area contributed by atoms with Gasteiger partial charge in [0.2, 0.25) is 0 Å². The predicted octanol–water partition coefficient (Wildman–Crippen LogP) is 2.99. The summed E-state index contributed by atoms with van der Waals surface area (Å²) < 4.78 is 5.35. The lowest BCUT2D eigenvalue weighted by molar-refractivity contribution is 0.0117. The van der Waals surface area contributed by atoms with Crippen LogP contribution < -0.4 is 5.32 Å². The number of carbonyl (C=O) groups is 1. The second kappa shape index (κ2) is 7.11. The summed E-state index contributed by atoms with van der Waals surface area (Å²) in [5.41, 5.74) is 0.955. The molecule has 5 heteroatoms. The molecule has 2 amide bonds. The van der Waals surface area contributed by atoms with Crippen molar-refractivity contribution in [3.05, 3.63) is 29.8 Å². The average molecular weight is 306 g/mol. The fourth-order valence-corrected chi connectivity index (χ4v) is 2.84. The molecule has 1 aliphatic heterocycles. The maximum atomic E-state index is 12.4. The van der Waals surface area contributed by atoms with Crippen LogP contribution in [0.3, 0.4) is 0 Å². The van der Waals surface area contributed by atoms with E-state index >= 15 is 0 Å². The number of benzene rings is 1. The van der Waals surface area contributed by atoms with E-state index in [-0.39, 0.29) is 12.1 Å². The molecule has 122 valence electrons. The SMILES string of the molecule is CCOCc1ccc(NC(=O)N2CCCC2C(C)(C)O)cc1. The fourth-order valence-electron chi connectivity index (χ4n) is 2.84. The van der Waals surface area contributed by atoms with Gasteiger partial charge in [-0.1, -0.05) is 12.1 Å². The van der Waals surface area contributed by atoms with Crippen molar-refractivity contribution < 1.29 is 14.6 Å². The molecular weight excluding hydrogens is 280 g/mol. The molecule has 1 saturated heterocycles. The normalized spacial score (nSPS) is 18.5. The van der Waals surface area contributed by atoms with E-state index < -0.39 is 5.60 Å². The zero-order valence-electron chi connectivity index (χ0n) is 13.6. The van der Waals surface area contributed by atoms with Gasteiger partial charge in [-0.15, -0.1) is 0 Å². The quantitative estimate of drug-likeness (QED) is 0.879. The van der Waals surface area contributed by atoms with Gasteiger partial charge in [-0.3, -0.25) is 0 Å². The highest BCUT2D eigenvalue weighted by Crippen LogP contribution is 2.27. The molecule has 0 aromatic heterocycles. The Morgan fingerprint density at radius 2 is 2.09 bits per heavy atom. The van der Waals surface area contributed by atoms with Crippen molar-refractivity contribution in [3.63, 3.8) is 0 Å². The number of nitrogens with zero attached hydrogens (tertiary/aromatic N) is 1. The standard InChI is InChI=1S/C17H26N2O3/c1-4-22-12-13-7-9-14(10-8-13)18-16(20)19-11-5-6-15(19)17(2,3)21/h7-10,15,21H,4-6,11-12H2,1-3H3,(H,18,20). The molecule has 2 rings (SSSR count). The summed E-state index contributed by atoms with van der Waals surface area (Å²) in [5, 5.41) is 13.1. The third-order valence-electron chi connectivity index (χ3n) is 4.01. The molecule has 0 saturated carbocycles. The lowest BCUT2D eigenvalue weighted by atomic mass is 9.97. The number of carbonyl (C=O) groups excluding carboxylic acids is 1. The minimum atomic E-state index is -0.880. The Hall–Kier alpha value is -1.59. The van der Waals surface area contributed by atoms with Crippen LogP contribution in [0, 0.1) is 0 Å². The van der Waals surface area contributed by atoms with E-state index in [2.05, 4.69) is 5.32 Å². The van der Waals surface area contributed by atoms with Crippen molar-refractivity contribution in [2.75, 3.05) is 18.5 Å². The van der Waals surface area contributed by atoms with E-state index in [1.165, 1.54) is 0 Å². The lowest BCUT2D eigenvalue weighted by Crippen LogP contribution is -2.49. The maximum Gasteiger partial charge on any atom is 0.322 e. The van der Waals surface area contributed by atoms with Gasteiger partial charge in [-0.2, -0.15) is 0 Å². The van der Waals surface area contributed by atoms with Gasteiger partial charge in [0, 0.05) is 18.8 Å². The molecule has 2 N–H and O–H groups in total. The molecule has 1 aliphatic rings. The van der Waals surface area contributed by atoms with Crippen molar-refractivity contribution in [2.24, 2.45) is 0 Å². The molecule has 5 nitrogen and oxygen atoms in total. The first-order valence-corrected chi connectivity index (χ1v) is 7.88. The highest BCUT2D eigenvalue weighted by atomic mass is 16.5. The van der Waals surface area contributed by atoms with Gasteiger partial charge in [-0.25, -0.2) is 4.79 Å². The van der Waals surface area contributed by atoms with Crippen molar-refractivity contribution in [1.29, 1.82) is 0 Å². The van der Waals surface area contributed by atoms with Crippen molar-refractivity contribution in [2.45, 2.75) is 51.9 Å². The Labute approximate surface area is 132 Å². The fraction of sp³-hybridized carbons (Fsp3) is 0.588. The highest BCUT2D eigenvalue weighted by Gasteiger charge is 2.38. The second-order valence-electron chi connectivity index (χ2n) is 6.27. The molecule has 0 spiro atoms. The number of amides is 2. The smallest absolute Gasteiger partial charge is 0.322 e. The van der Waals surface area contributed by atoms with Crippen LogP contribution in [0.1, 0.15) is 39.2 Å². The van der Waals surface area contributed by atoms with Crippen LogP contribution in [0.25, 0.3) is 0 Å². The monoisotopic (exact) mass is 306 g/mol. The Bertz CT molecular complexity index is 494. The molecule has 0 radical (unpaired) electrons. The van der Waals surface area contributed by atoms with Crippen LogP contribution in [0.15, 0.2) is 24.3 Å². The molecule has 1 atom stereocenters. The molecule has 1 fully saturated rings. The first-order chi connectivity index (χ1) is 10.4. The number of anilines is 1. The topological polar surface area (TPSA) is 61.8 Å². The second-order valence-corrected chi connectivity index (χ2v) is 6.27. The average Bonchev–Trinajstić information content (AvgIpc) is 2.96. The summed E-state index contributed by atoms with van der Waals surface area (Å²) >= 11 is 0. The third-order valence-corrected chi connectivity index (χ3v) is 4.01. The molecule has 1 heterocycles. The van der Waals surface area contributed by atoms with Gasteiger partial charge >= 0.3 is 6.03 Å². The summed E-state index contributed by atoms with van der Waals surface area (Å²) in [5.74, 6) is 0. The van der Waals surface area contributed by atoms with Gasteiger partial charge in [0.05, 0.1) is 18.2 Å². The maximum absolute atomic E-state index is 12.4. The van der Waals surface area contributed by atoms with Gasteiger partial charge in [0.15, 0.2) is 0 Å². The number of ether oxygens (including phenoxy) is 1. The van der Waals surface area contributed by atoms with E-state index in [1.54, 1.807) is 18.7 Å². The molecule has 1 aromatic carbocycles. The van der Waals surface area contributed by atoms with E-state index in [0.717, 1.165) is 24.1 Å². The van der Waals surface area contributed by atoms with E-state index in [0.29, 0.717) is 19.8 Å². The number of aliphatic hydroxyl groups is 1. The summed E-state index contributed by atoms with van der Waals surface area (Å²) in [6, 6.07) is 7.36. The summed E-state index contributed by atoms with van der Waals surface area (Å²) in [6.07, 6.45) is 1.76. The van der Waals surface area contributed by atoms with Crippen LogP contribution in [0.5, 0.6) is 0 Å². The Kier molecular flexibility index (Phi) is 5.42. The number of urea groups is 1. The van der Waals surface area contributed by atoms with E-state index in [1.807, 2.05) is 31.2 Å². The Morgan fingerprint density at radius 3 is 2.68 bits per heavy atom. The van der Waals surface area contributed by atoms with E-state index in [9.17, 15) is 9.90 Å².